The lowest BCUT2D eigenvalue weighted by molar-refractivity contribution is -0.145. The van der Waals surface area contributed by atoms with Crippen molar-refractivity contribution in [2.75, 3.05) is 18.8 Å². The van der Waals surface area contributed by atoms with Gasteiger partial charge in [0.2, 0.25) is 5.91 Å². The molecular weight excluding hydrogens is 342 g/mol. The van der Waals surface area contributed by atoms with Gasteiger partial charge in [0, 0.05) is 22.5 Å². The minimum Gasteiger partial charge on any atom is -0.481 e. The van der Waals surface area contributed by atoms with Crippen molar-refractivity contribution in [2.45, 2.75) is 17.7 Å². The number of hydrogen-bond donors (Lipinski definition) is 1. The van der Waals surface area contributed by atoms with Gasteiger partial charge in [-0.15, -0.1) is 11.8 Å². The van der Waals surface area contributed by atoms with Crippen LogP contribution in [-0.2, 0) is 9.59 Å². The summed E-state index contributed by atoms with van der Waals surface area (Å²) in [5, 5.41) is 9.03. The first-order valence-corrected chi connectivity index (χ1v) is 8.23. The van der Waals surface area contributed by atoms with E-state index < -0.39 is 11.9 Å². The molecular formula is C14H16BrNO3S. The second-order valence-electron chi connectivity index (χ2n) is 4.76. The molecule has 1 saturated heterocycles. The molecule has 0 saturated carbocycles. The van der Waals surface area contributed by atoms with Gasteiger partial charge in [0.1, 0.15) is 0 Å². The summed E-state index contributed by atoms with van der Waals surface area (Å²) in [6.45, 7) is 1.01. The zero-order chi connectivity index (χ0) is 14.5. The third kappa shape index (κ3) is 4.24. The zero-order valence-corrected chi connectivity index (χ0v) is 13.3. The Bertz CT molecular complexity index is 509. The quantitative estimate of drug-likeness (QED) is 0.841. The Morgan fingerprint density at radius 1 is 1.45 bits per heavy atom. The minimum atomic E-state index is -0.804. The maximum Gasteiger partial charge on any atom is 0.308 e. The molecule has 0 bridgehead atoms. The summed E-state index contributed by atoms with van der Waals surface area (Å²) in [6, 6.07) is 7.79. The van der Waals surface area contributed by atoms with Gasteiger partial charge in [-0.1, -0.05) is 22.0 Å². The Balaban J connectivity index is 1.87. The highest BCUT2D eigenvalue weighted by atomic mass is 79.9. The number of carboxylic acids is 1. The highest BCUT2D eigenvalue weighted by Gasteiger charge is 2.27. The molecule has 1 unspecified atom stereocenters. The lowest BCUT2D eigenvalue weighted by Crippen LogP contribution is -2.43. The van der Waals surface area contributed by atoms with E-state index in [4.69, 9.17) is 5.11 Å². The molecule has 4 nitrogen and oxygen atoms in total. The number of amides is 1. The summed E-state index contributed by atoms with van der Waals surface area (Å²) >= 11 is 4.87. The average molecular weight is 358 g/mol. The van der Waals surface area contributed by atoms with Crippen LogP contribution in [0.15, 0.2) is 33.6 Å². The first-order valence-electron chi connectivity index (χ1n) is 6.45. The molecule has 1 aromatic carbocycles. The van der Waals surface area contributed by atoms with Crippen molar-refractivity contribution < 1.29 is 14.7 Å². The van der Waals surface area contributed by atoms with Crippen molar-refractivity contribution in [1.29, 1.82) is 0 Å². The number of carbonyl (C=O) groups excluding carboxylic acids is 1. The molecule has 1 fully saturated rings. The number of carboxylic acid groups (broad SMARTS) is 1. The van der Waals surface area contributed by atoms with Gasteiger partial charge in [-0.3, -0.25) is 9.59 Å². The maximum absolute atomic E-state index is 12.1. The van der Waals surface area contributed by atoms with Gasteiger partial charge >= 0.3 is 5.97 Å². The van der Waals surface area contributed by atoms with Gasteiger partial charge in [0.05, 0.1) is 11.7 Å². The summed E-state index contributed by atoms with van der Waals surface area (Å²) in [4.78, 5) is 25.8. The molecule has 0 aromatic heterocycles. The highest BCUT2D eigenvalue weighted by molar-refractivity contribution is 9.10. The highest BCUT2D eigenvalue weighted by Crippen LogP contribution is 2.23. The number of aliphatic carboxylic acids is 1. The number of rotatable bonds is 4. The van der Waals surface area contributed by atoms with Crippen LogP contribution in [0.3, 0.4) is 0 Å². The fourth-order valence-corrected chi connectivity index (χ4v) is 3.61. The third-order valence-corrected chi connectivity index (χ3v) is 4.75. The van der Waals surface area contributed by atoms with E-state index in [1.54, 1.807) is 4.90 Å². The minimum absolute atomic E-state index is 0.0147. The van der Waals surface area contributed by atoms with E-state index in [9.17, 15) is 9.59 Å². The number of carbonyl (C=O) groups is 2. The molecule has 6 heteroatoms. The van der Waals surface area contributed by atoms with E-state index in [0.717, 1.165) is 15.8 Å². The Morgan fingerprint density at radius 2 is 2.25 bits per heavy atom. The van der Waals surface area contributed by atoms with Gasteiger partial charge in [-0.05, 0) is 31.0 Å². The molecule has 1 amide bonds. The number of hydrogen-bond acceptors (Lipinski definition) is 3. The monoisotopic (exact) mass is 357 g/mol. The first-order chi connectivity index (χ1) is 9.56. The second-order valence-corrected chi connectivity index (χ2v) is 6.73. The summed E-state index contributed by atoms with van der Waals surface area (Å²) in [5.74, 6) is -0.852. The Labute approximate surface area is 130 Å². The molecule has 1 aliphatic rings. The second kappa shape index (κ2) is 7.13. The summed E-state index contributed by atoms with van der Waals surface area (Å²) in [5.41, 5.74) is 0. The van der Waals surface area contributed by atoms with Crippen LogP contribution in [0.25, 0.3) is 0 Å². The average Bonchev–Trinajstić information content (AvgIpc) is 2.45. The molecule has 1 atom stereocenters. The SMILES string of the molecule is O=C(O)C1CCCN(C(=O)CSc2cccc(Br)c2)C1. The van der Waals surface area contributed by atoms with Crippen LogP contribution in [0, 0.1) is 5.92 Å². The first kappa shape index (κ1) is 15.4. The summed E-state index contributed by atoms with van der Waals surface area (Å²) in [7, 11) is 0. The Morgan fingerprint density at radius 3 is 2.95 bits per heavy atom. The molecule has 108 valence electrons. The van der Waals surface area contributed by atoms with E-state index in [2.05, 4.69) is 15.9 Å². The Kier molecular flexibility index (Phi) is 5.48. The summed E-state index contributed by atoms with van der Waals surface area (Å²) < 4.78 is 0.985. The van der Waals surface area contributed by atoms with E-state index in [1.165, 1.54) is 11.8 Å². The van der Waals surface area contributed by atoms with Crippen LogP contribution in [-0.4, -0.2) is 40.7 Å². The van der Waals surface area contributed by atoms with Gasteiger partial charge in [0.15, 0.2) is 0 Å². The standard InChI is InChI=1S/C14H16BrNO3S/c15-11-4-1-5-12(7-11)20-9-13(17)16-6-2-3-10(8-16)14(18)19/h1,4-5,7,10H,2-3,6,8-9H2,(H,18,19). The lowest BCUT2D eigenvalue weighted by atomic mass is 9.98. The molecule has 1 aromatic rings. The van der Waals surface area contributed by atoms with E-state index in [-0.39, 0.29) is 5.91 Å². The van der Waals surface area contributed by atoms with Crippen molar-refractivity contribution in [3.05, 3.63) is 28.7 Å². The van der Waals surface area contributed by atoms with Gasteiger partial charge < -0.3 is 10.0 Å². The fraction of sp³-hybridized carbons (Fsp3) is 0.429. The molecule has 1 N–H and O–H groups in total. The third-order valence-electron chi connectivity index (χ3n) is 3.28. The van der Waals surface area contributed by atoms with E-state index in [0.29, 0.717) is 25.3 Å². The van der Waals surface area contributed by atoms with E-state index in [1.807, 2.05) is 24.3 Å². The molecule has 0 spiro atoms. The molecule has 1 aliphatic heterocycles. The van der Waals surface area contributed by atoms with Crippen molar-refractivity contribution in [3.63, 3.8) is 0 Å². The van der Waals surface area contributed by atoms with Crippen molar-refractivity contribution in [2.24, 2.45) is 5.92 Å². The van der Waals surface area contributed by atoms with Gasteiger partial charge in [-0.2, -0.15) is 0 Å². The zero-order valence-electron chi connectivity index (χ0n) is 10.9. The van der Waals surface area contributed by atoms with Crippen molar-refractivity contribution in [1.82, 2.24) is 4.90 Å². The van der Waals surface area contributed by atoms with Crippen LogP contribution in [0.4, 0.5) is 0 Å². The van der Waals surface area contributed by atoms with Crippen LogP contribution < -0.4 is 0 Å². The number of benzene rings is 1. The summed E-state index contributed by atoms with van der Waals surface area (Å²) in [6.07, 6.45) is 1.43. The van der Waals surface area contributed by atoms with Gasteiger partial charge in [0.25, 0.3) is 0 Å². The number of nitrogens with zero attached hydrogens (tertiary/aromatic N) is 1. The predicted molar refractivity (Wildman–Crippen MR) is 81.8 cm³/mol. The molecule has 0 aliphatic carbocycles. The number of thioether (sulfide) groups is 1. The number of likely N-dealkylation sites (tertiary alicyclic amines) is 1. The molecule has 1 heterocycles. The van der Waals surface area contributed by atoms with E-state index >= 15 is 0 Å². The van der Waals surface area contributed by atoms with Crippen molar-refractivity contribution >= 4 is 39.6 Å². The maximum atomic E-state index is 12.1. The van der Waals surface area contributed by atoms with Crippen LogP contribution in [0.1, 0.15) is 12.8 Å². The van der Waals surface area contributed by atoms with Crippen LogP contribution >= 0.6 is 27.7 Å². The molecule has 0 radical (unpaired) electrons. The molecule has 2 rings (SSSR count). The largest absolute Gasteiger partial charge is 0.481 e. The number of halogens is 1. The normalized spacial score (nSPS) is 18.9. The predicted octanol–water partition coefficient (Wildman–Crippen LogP) is 2.86. The van der Waals surface area contributed by atoms with Crippen LogP contribution in [0.5, 0.6) is 0 Å². The molecule has 20 heavy (non-hydrogen) atoms. The smallest absolute Gasteiger partial charge is 0.308 e. The topological polar surface area (TPSA) is 57.6 Å². The lowest BCUT2D eigenvalue weighted by Gasteiger charge is -2.30. The van der Waals surface area contributed by atoms with Crippen LogP contribution in [0.2, 0.25) is 0 Å². The fourth-order valence-electron chi connectivity index (χ4n) is 2.20. The number of piperidine rings is 1. The Hall–Kier alpha value is -1.01. The van der Waals surface area contributed by atoms with Crippen molar-refractivity contribution in [3.8, 4) is 0 Å². The van der Waals surface area contributed by atoms with Gasteiger partial charge in [-0.25, -0.2) is 0 Å².